The molecular formula is C18H23N3O2S. The fourth-order valence-corrected chi connectivity index (χ4v) is 2.99. The molecule has 3 amide bonds. The second-order valence-corrected chi connectivity index (χ2v) is 6.40. The number of hydrogen-bond donors (Lipinski definition) is 3. The van der Waals surface area contributed by atoms with Crippen molar-refractivity contribution in [3.63, 3.8) is 0 Å². The highest BCUT2D eigenvalue weighted by Crippen LogP contribution is 2.08. The molecule has 1 heterocycles. The first-order chi connectivity index (χ1) is 11.6. The van der Waals surface area contributed by atoms with E-state index >= 15 is 0 Å². The SMILES string of the molecule is CCNC(=O)c1ccc(CNC(=O)NC(C)Cc2ccsc2)cc1. The van der Waals surface area contributed by atoms with Crippen LogP contribution in [0.2, 0.25) is 0 Å². The molecule has 1 atom stereocenters. The van der Waals surface area contributed by atoms with Crippen molar-refractivity contribution in [1.29, 1.82) is 0 Å². The second-order valence-electron chi connectivity index (χ2n) is 5.62. The first-order valence-electron chi connectivity index (χ1n) is 8.01. The van der Waals surface area contributed by atoms with Gasteiger partial charge < -0.3 is 16.0 Å². The van der Waals surface area contributed by atoms with Gasteiger partial charge in [-0.3, -0.25) is 4.79 Å². The van der Waals surface area contributed by atoms with E-state index < -0.39 is 0 Å². The van der Waals surface area contributed by atoms with Crippen LogP contribution in [0.15, 0.2) is 41.1 Å². The van der Waals surface area contributed by atoms with E-state index in [2.05, 4.69) is 27.4 Å². The van der Waals surface area contributed by atoms with Gasteiger partial charge in [0.2, 0.25) is 0 Å². The fraction of sp³-hybridized carbons (Fsp3) is 0.333. The van der Waals surface area contributed by atoms with Crippen LogP contribution in [0, 0.1) is 0 Å². The number of urea groups is 1. The van der Waals surface area contributed by atoms with Gasteiger partial charge >= 0.3 is 6.03 Å². The van der Waals surface area contributed by atoms with Crippen LogP contribution in [-0.2, 0) is 13.0 Å². The molecule has 0 bridgehead atoms. The summed E-state index contributed by atoms with van der Waals surface area (Å²) in [7, 11) is 0. The highest BCUT2D eigenvalue weighted by molar-refractivity contribution is 7.07. The minimum absolute atomic E-state index is 0.0692. The Morgan fingerprint density at radius 1 is 1.08 bits per heavy atom. The first kappa shape index (κ1) is 18.0. The van der Waals surface area contributed by atoms with Crippen LogP contribution in [0.1, 0.15) is 35.3 Å². The molecule has 2 aromatic rings. The molecule has 3 N–H and O–H groups in total. The molecule has 0 saturated heterocycles. The van der Waals surface area contributed by atoms with Crippen LogP contribution in [0.3, 0.4) is 0 Å². The summed E-state index contributed by atoms with van der Waals surface area (Å²) >= 11 is 1.66. The molecule has 0 aliphatic carbocycles. The topological polar surface area (TPSA) is 70.2 Å². The van der Waals surface area contributed by atoms with E-state index in [9.17, 15) is 9.59 Å². The fourth-order valence-electron chi connectivity index (χ4n) is 2.31. The molecule has 1 aromatic carbocycles. The van der Waals surface area contributed by atoms with Crippen molar-refractivity contribution in [3.05, 3.63) is 57.8 Å². The predicted octanol–water partition coefficient (Wildman–Crippen LogP) is 2.93. The van der Waals surface area contributed by atoms with Gasteiger partial charge in [-0.2, -0.15) is 11.3 Å². The van der Waals surface area contributed by atoms with Gasteiger partial charge in [0.15, 0.2) is 0 Å². The van der Waals surface area contributed by atoms with Gasteiger partial charge in [-0.05, 0) is 60.4 Å². The summed E-state index contributed by atoms with van der Waals surface area (Å²) in [4.78, 5) is 23.6. The Hall–Kier alpha value is -2.34. The lowest BCUT2D eigenvalue weighted by atomic mass is 10.1. The summed E-state index contributed by atoms with van der Waals surface area (Å²) in [6.45, 7) is 4.89. The molecule has 2 rings (SSSR count). The summed E-state index contributed by atoms with van der Waals surface area (Å²) in [5.74, 6) is -0.0861. The molecule has 0 radical (unpaired) electrons. The molecule has 5 nitrogen and oxygen atoms in total. The molecule has 6 heteroatoms. The number of nitrogens with one attached hydrogen (secondary N) is 3. The van der Waals surface area contributed by atoms with Crippen molar-refractivity contribution in [3.8, 4) is 0 Å². The third-order valence-corrected chi connectivity index (χ3v) is 4.24. The van der Waals surface area contributed by atoms with Crippen molar-refractivity contribution in [2.45, 2.75) is 32.9 Å². The Kier molecular flexibility index (Phi) is 6.81. The smallest absolute Gasteiger partial charge is 0.315 e. The second kappa shape index (κ2) is 9.08. The van der Waals surface area contributed by atoms with Crippen molar-refractivity contribution >= 4 is 23.3 Å². The van der Waals surface area contributed by atoms with Crippen LogP contribution in [0.25, 0.3) is 0 Å². The number of carbonyl (C=O) groups excluding carboxylic acids is 2. The largest absolute Gasteiger partial charge is 0.352 e. The van der Waals surface area contributed by atoms with Crippen LogP contribution in [0.4, 0.5) is 4.79 Å². The minimum atomic E-state index is -0.189. The van der Waals surface area contributed by atoms with Crippen LogP contribution < -0.4 is 16.0 Å². The van der Waals surface area contributed by atoms with Crippen molar-refractivity contribution in [1.82, 2.24) is 16.0 Å². The van der Waals surface area contributed by atoms with Gasteiger partial charge in [-0.25, -0.2) is 4.79 Å². The zero-order chi connectivity index (χ0) is 17.4. The molecule has 1 unspecified atom stereocenters. The van der Waals surface area contributed by atoms with Crippen LogP contribution >= 0.6 is 11.3 Å². The van der Waals surface area contributed by atoms with E-state index in [0.29, 0.717) is 18.7 Å². The Bertz CT molecular complexity index is 653. The molecule has 128 valence electrons. The van der Waals surface area contributed by atoms with Crippen molar-refractivity contribution in [2.24, 2.45) is 0 Å². The molecule has 0 saturated carbocycles. The lowest BCUT2D eigenvalue weighted by molar-refractivity contribution is 0.0955. The summed E-state index contributed by atoms with van der Waals surface area (Å²) in [5, 5.41) is 12.6. The van der Waals surface area contributed by atoms with Crippen molar-refractivity contribution < 1.29 is 9.59 Å². The maximum absolute atomic E-state index is 11.9. The molecule has 0 fully saturated rings. The average Bonchev–Trinajstić information content (AvgIpc) is 3.06. The number of amides is 3. The van der Waals surface area contributed by atoms with Gasteiger partial charge in [-0.1, -0.05) is 12.1 Å². The Labute approximate surface area is 146 Å². The Balaban J connectivity index is 1.76. The third-order valence-electron chi connectivity index (χ3n) is 3.51. The van der Waals surface area contributed by atoms with Gasteiger partial charge in [0.1, 0.15) is 0 Å². The number of carbonyl (C=O) groups is 2. The van der Waals surface area contributed by atoms with E-state index in [1.54, 1.807) is 23.5 Å². The standard InChI is InChI=1S/C18H23N3O2S/c1-3-19-17(22)16-6-4-14(5-7-16)11-20-18(23)21-13(2)10-15-8-9-24-12-15/h4-9,12-13H,3,10-11H2,1-2H3,(H,19,22)(H2,20,21,23). The summed E-state index contributed by atoms with van der Waals surface area (Å²) in [6, 6.07) is 9.17. The summed E-state index contributed by atoms with van der Waals surface area (Å²) in [6.07, 6.45) is 0.818. The monoisotopic (exact) mass is 345 g/mol. The number of thiophene rings is 1. The molecule has 0 spiro atoms. The van der Waals surface area contributed by atoms with Gasteiger partial charge in [-0.15, -0.1) is 0 Å². The molecule has 0 aliphatic heterocycles. The Morgan fingerprint density at radius 2 is 1.83 bits per heavy atom. The van der Waals surface area contributed by atoms with Gasteiger partial charge in [0.05, 0.1) is 0 Å². The third kappa shape index (κ3) is 5.70. The van der Waals surface area contributed by atoms with E-state index in [1.807, 2.05) is 31.4 Å². The number of hydrogen-bond acceptors (Lipinski definition) is 3. The van der Waals surface area contributed by atoms with Crippen LogP contribution in [-0.4, -0.2) is 24.5 Å². The van der Waals surface area contributed by atoms with E-state index in [0.717, 1.165) is 12.0 Å². The van der Waals surface area contributed by atoms with Gasteiger partial charge in [0.25, 0.3) is 5.91 Å². The number of rotatable bonds is 7. The maximum Gasteiger partial charge on any atom is 0.315 e. The molecule has 1 aromatic heterocycles. The minimum Gasteiger partial charge on any atom is -0.352 e. The predicted molar refractivity (Wildman–Crippen MR) is 97.3 cm³/mol. The summed E-state index contributed by atoms with van der Waals surface area (Å²) in [5.41, 5.74) is 2.80. The quantitative estimate of drug-likeness (QED) is 0.722. The normalized spacial score (nSPS) is 11.6. The summed E-state index contributed by atoms with van der Waals surface area (Å²) < 4.78 is 0. The molecule has 0 aliphatic rings. The Morgan fingerprint density at radius 3 is 2.46 bits per heavy atom. The zero-order valence-electron chi connectivity index (χ0n) is 14.0. The van der Waals surface area contributed by atoms with Crippen LogP contribution in [0.5, 0.6) is 0 Å². The van der Waals surface area contributed by atoms with E-state index in [4.69, 9.17) is 0 Å². The average molecular weight is 345 g/mol. The van der Waals surface area contributed by atoms with E-state index in [-0.39, 0.29) is 18.0 Å². The lowest BCUT2D eigenvalue weighted by Gasteiger charge is -2.14. The zero-order valence-corrected chi connectivity index (χ0v) is 14.8. The maximum atomic E-state index is 11.9. The molecule has 24 heavy (non-hydrogen) atoms. The number of benzene rings is 1. The van der Waals surface area contributed by atoms with Crippen molar-refractivity contribution in [2.75, 3.05) is 6.54 Å². The van der Waals surface area contributed by atoms with E-state index in [1.165, 1.54) is 5.56 Å². The molecular weight excluding hydrogens is 322 g/mol. The lowest BCUT2D eigenvalue weighted by Crippen LogP contribution is -2.41. The highest BCUT2D eigenvalue weighted by Gasteiger charge is 2.08. The van der Waals surface area contributed by atoms with Gasteiger partial charge in [0, 0.05) is 24.7 Å². The first-order valence-corrected chi connectivity index (χ1v) is 8.95. The highest BCUT2D eigenvalue weighted by atomic mass is 32.1.